The van der Waals surface area contributed by atoms with E-state index in [2.05, 4.69) is 4.98 Å². The molecular weight excluding hydrogens is 205 g/mol. The average molecular weight is 214 g/mol. The minimum absolute atomic E-state index is 0.102. The summed E-state index contributed by atoms with van der Waals surface area (Å²) in [7, 11) is 0. The lowest BCUT2D eigenvalue weighted by molar-refractivity contribution is -0.136. The zero-order valence-corrected chi connectivity index (χ0v) is 7.73. The molecule has 0 saturated carbocycles. The van der Waals surface area contributed by atoms with Gasteiger partial charge in [0.2, 0.25) is 0 Å². The Morgan fingerprint density at radius 2 is 2.00 bits per heavy atom. The number of hydrogen-bond acceptors (Lipinski definition) is 1. The standard InChI is InChI=1S/C10H9F3N2/c11-10(12,13)8-3-1-2-7-6(4-14)5-15-9(7)8/h1-3,5,15H,4,14H2. The summed E-state index contributed by atoms with van der Waals surface area (Å²) in [5.74, 6) is 0. The lowest BCUT2D eigenvalue weighted by Gasteiger charge is -2.07. The van der Waals surface area contributed by atoms with Crippen molar-refractivity contribution >= 4 is 10.9 Å². The van der Waals surface area contributed by atoms with Gasteiger partial charge in [-0.25, -0.2) is 0 Å². The number of rotatable bonds is 1. The van der Waals surface area contributed by atoms with Crippen LogP contribution in [0.1, 0.15) is 11.1 Å². The summed E-state index contributed by atoms with van der Waals surface area (Å²) in [4.78, 5) is 2.61. The van der Waals surface area contributed by atoms with Crippen LogP contribution >= 0.6 is 0 Å². The van der Waals surface area contributed by atoms with Gasteiger partial charge in [-0.05, 0) is 11.6 Å². The molecule has 3 N–H and O–H groups in total. The normalized spacial score (nSPS) is 12.3. The molecule has 80 valence electrons. The molecule has 0 unspecified atom stereocenters. The molecule has 0 aliphatic carbocycles. The molecule has 0 fully saturated rings. The van der Waals surface area contributed by atoms with Gasteiger partial charge in [-0.3, -0.25) is 0 Å². The third-order valence-electron chi connectivity index (χ3n) is 2.33. The summed E-state index contributed by atoms with van der Waals surface area (Å²) < 4.78 is 37.7. The molecule has 1 aromatic heterocycles. The summed E-state index contributed by atoms with van der Waals surface area (Å²) >= 11 is 0. The minimum Gasteiger partial charge on any atom is -0.360 e. The number of hydrogen-bond donors (Lipinski definition) is 2. The molecule has 0 radical (unpaired) electrons. The Morgan fingerprint density at radius 3 is 2.60 bits per heavy atom. The third kappa shape index (κ3) is 1.59. The van der Waals surface area contributed by atoms with E-state index in [1.54, 1.807) is 6.07 Å². The molecule has 5 heteroatoms. The van der Waals surface area contributed by atoms with Gasteiger partial charge in [0.05, 0.1) is 11.1 Å². The Kier molecular flexibility index (Phi) is 2.19. The third-order valence-corrected chi connectivity index (χ3v) is 2.33. The Labute approximate surface area is 83.9 Å². The van der Waals surface area contributed by atoms with Gasteiger partial charge in [-0.2, -0.15) is 13.2 Å². The highest BCUT2D eigenvalue weighted by molar-refractivity contribution is 5.86. The lowest BCUT2D eigenvalue weighted by Crippen LogP contribution is -2.05. The van der Waals surface area contributed by atoms with Crippen molar-refractivity contribution in [3.8, 4) is 0 Å². The number of H-pyrrole nitrogens is 1. The van der Waals surface area contributed by atoms with Crippen LogP contribution in [0.2, 0.25) is 0 Å². The van der Waals surface area contributed by atoms with E-state index in [-0.39, 0.29) is 12.1 Å². The number of nitrogens with two attached hydrogens (primary N) is 1. The van der Waals surface area contributed by atoms with E-state index in [9.17, 15) is 13.2 Å². The fourth-order valence-corrected chi connectivity index (χ4v) is 1.62. The predicted molar refractivity (Wildman–Crippen MR) is 51.2 cm³/mol. The second kappa shape index (κ2) is 3.27. The molecule has 0 aliphatic rings. The van der Waals surface area contributed by atoms with Crippen molar-refractivity contribution in [3.05, 3.63) is 35.5 Å². The van der Waals surface area contributed by atoms with E-state index in [4.69, 9.17) is 5.73 Å². The summed E-state index contributed by atoms with van der Waals surface area (Å²) in [6.45, 7) is 0.224. The van der Waals surface area contributed by atoms with Crippen molar-refractivity contribution in [2.24, 2.45) is 5.73 Å². The SMILES string of the molecule is NCc1c[nH]c2c(C(F)(F)F)cccc12. The highest BCUT2D eigenvalue weighted by Gasteiger charge is 2.33. The number of aromatic amines is 1. The van der Waals surface area contributed by atoms with Crippen LogP contribution in [0.25, 0.3) is 10.9 Å². The first kappa shape index (κ1) is 10.0. The topological polar surface area (TPSA) is 41.8 Å². The highest BCUT2D eigenvalue weighted by Crippen LogP contribution is 2.34. The summed E-state index contributed by atoms with van der Waals surface area (Å²) in [6, 6.07) is 4.07. The number of alkyl halides is 3. The number of fused-ring (bicyclic) bond motifs is 1. The Hall–Kier alpha value is -1.49. The maximum absolute atomic E-state index is 12.6. The minimum atomic E-state index is -4.34. The van der Waals surface area contributed by atoms with Crippen molar-refractivity contribution in [1.82, 2.24) is 4.98 Å². The molecule has 0 atom stereocenters. The monoisotopic (exact) mass is 214 g/mol. The Morgan fingerprint density at radius 1 is 1.27 bits per heavy atom. The van der Waals surface area contributed by atoms with Gasteiger partial charge in [-0.15, -0.1) is 0 Å². The number of benzene rings is 1. The zero-order valence-electron chi connectivity index (χ0n) is 7.73. The molecular formula is C10H9F3N2. The first-order chi connectivity index (χ1) is 7.04. The van der Waals surface area contributed by atoms with E-state index in [0.717, 1.165) is 6.07 Å². The van der Waals surface area contributed by atoms with Gasteiger partial charge in [0.25, 0.3) is 0 Å². The van der Waals surface area contributed by atoms with Crippen LogP contribution in [-0.4, -0.2) is 4.98 Å². The van der Waals surface area contributed by atoms with Crippen LogP contribution < -0.4 is 5.73 Å². The lowest BCUT2D eigenvalue weighted by atomic mass is 10.1. The largest absolute Gasteiger partial charge is 0.418 e. The van der Waals surface area contributed by atoms with Crippen molar-refractivity contribution in [1.29, 1.82) is 0 Å². The van der Waals surface area contributed by atoms with E-state index < -0.39 is 11.7 Å². The van der Waals surface area contributed by atoms with Crippen LogP contribution in [0.4, 0.5) is 13.2 Å². The molecule has 2 aromatic rings. The van der Waals surface area contributed by atoms with Gasteiger partial charge < -0.3 is 10.7 Å². The molecule has 0 saturated heterocycles. The molecule has 2 rings (SSSR count). The first-order valence-electron chi connectivity index (χ1n) is 4.40. The number of aromatic nitrogens is 1. The van der Waals surface area contributed by atoms with Crippen LogP contribution in [0.5, 0.6) is 0 Å². The van der Waals surface area contributed by atoms with Crippen LogP contribution in [0.15, 0.2) is 24.4 Å². The predicted octanol–water partition coefficient (Wildman–Crippen LogP) is 2.65. The first-order valence-corrected chi connectivity index (χ1v) is 4.40. The molecule has 0 spiro atoms. The fourth-order valence-electron chi connectivity index (χ4n) is 1.62. The van der Waals surface area contributed by atoms with Crippen molar-refractivity contribution in [2.45, 2.75) is 12.7 Å². The zero-order chi connectivity index (χ0) is 11.1. The van der Waals surface area contributed by atoms with Crippen LogP contribution in [-0.2, 0) is 12.7 Å². The molecule has 1 aromatic carbocycles. The second-order valence-electron chi connectivity index (χ2n) is 3.24. The molecule has 0 amide bonds. The maximum Gasteiger partial charge on any atom is 0.418 e. The smallest absolute Gasteiger partial charge is 0.360 e. The number of nitrogens with one attached hydrogen (secondary N) is 1. The molecule has 1 heterocycles. The summed E-state index contributed by atoms with van der Waals surface area (Å²) in [5.41, 5.74) is 5.56. The van der Waals surface area contributed by atoms with Gasteiger partial charge >= 0.3 is 6.18 Å². The van der Waals surface area contributed by atoms with Gasteiger partial charge in [0.15, 0.2) is 0 Å². The van der Waals surface area contributed by atoms with E-state index in [0.29, 0.717) is 10.9 Å². The molecule has 0 aliphatic heterocycles. The van der Waals surface area contributed by atoms with Gasteiger partial charge in [0, 0.05) is 18.1 Å². The molecule has 15 heavy (non-hydrogen) atoms. The van der Waals surface area contributed by atoms with Crippen LogP contribution in [0, 0.1) is 0 Å². The summed E-state index contributed by atoms with van der Waals surface area (Å²) in [6.07, 6.45) is -2.82. The van der Waals surface area contributed by atoms with Gasteiger partial charge in [0.1, 0.15) is 0 Å². The van der Waals surface area contributed by atoms with Crippen molar-refractivity contribution in [3.63, 3.8) is 0 Å². The Bertz CT molecular complexity index is 485. The average Bonchev–Trinajstić information content (AvgIpc) is 2.58. The quantitative estimate of drug-likeness (QED) is 0.752. The van der Waals surface area contributed by atoms with Crippen LogP contribution in [0.3, 0.4) is 0 Å². The van der Waals surface area contributed by atoms with E-state index in [1.807, 2.05) is 0 Å². The van der Waals surface area contributed by atoms with Crippen molar-refractivity contribution < 1.29 is 13.2 Å². The highest BCUT2D eigenvalue weighted by atomic mass is 19.4. The fraction of sp³-hybridized carbons (Fsp3) is 0.200. The van der Waals surface area contributed by atoms with E-state index >= 15 is 0 Å². The Balaban J connectivity index is 2.73. The summed E-state index contributed by atoms with van der Waals surface area (Å²) in [5, 5.41) is 0.535. The molecule has 2 nitrogen and oxygen atoms in total. The van der Waals surface area contributed by atoms with Crippen molar-refractivity contribution in [2.75, 3.05) is 0 Å². The van der Waals surface area contributed by atoms with Gasteiger partial charge in [-0.1, -0.05) is 12.1 Å². The number of halogens is 3. The molecule has 0 bridgehead atoms. The maximum atomic E-state index is 12.6. The number of para-hydroxylation sites is 1. The van der Waals surface area contributed by atoms with E-state index in [1.165, 1.54) is 12.3 Å². The second-order valence-corrected chi connectivity index (χ2v) is 3.24.